The van der Waals surface area contributed by atoms with Crippen molar-refractivity contribution in [3.05, 3.63) is 100 Å². The number of nitrogens with two attached hydrogens (primary N) is 1. The van der Waals surface area contributed by atoms with Gasteiger partial charge in [-0.25, -0.2) is 17.8 Å². The van der Waals surface area contributed by atoms with Crippen molar-refractivity contribution in [1.82, 2.24) is 25.4 Å². The highest BCUT2D eigenvalue weighted by Crippen LogP contribution is 2.34. The van der Waals surface area contributed by atoms with Crippen LogP contribution in [0.2, 0.25) is 0 Å². The average molecular weight is 1040 g/mol. The summed E-state index contributed by atoms with van der Waals surface area (Å²) in [4.78, 5) is 82.3. The number of likely N-dealkylation sites (tertiary alicyclic amines) is 1. The average Bonchev–Trinajstić information content (AvgIpc) is 3.64. The largest absolute Gasteiger partial charge is 0.383 e. The summed E-state index contributed by atoms with van der Waals surface area (Å²) in [5, 5.41) is 5.03. The van der Waals surface area contributed by atoms with E-state index in [0.717, 1.165) is 22.1 Å². The van der Waals surface area contributed by atoms with Crippen LogP contribution in [0.1, 0.15) is 80.7 Å². The Labute approximate surface area is 428 Å². The minimum Gasteiger partial charge on any atom is -0.383 e. The Morgan fingerprint density at radius 2 is 1.46 bits per heavy atom. The van der Waals surface area contributed by atoms with Crippen LogP contribution in [0, 0.1) is 11.7 Å². The van der Waals surface area contributed by atoms with Crippen LogP contribution in [0.3, 0.4) is 0 Å². The third-order valence-corrected chi connectivity index (χ3v) is 15.3. The van der Waals surface area contributed by atoms with Gasteiger partial charge < -0.3 is 39.6 Å². The smallest absolute Gasteiger partial charge is 0.262 e. The highest BCUT2D eigenvalue weighted by Gasteiger charge is 2.45. The minimum atomic E-state index is -3.89. The fraction of sp³-hybridized carbons (Fsp3) is 0.453. The Balaban J connectivity index is 0.647. The number of aryl methyl sites for hydroxylation is 1. The lowest BCUT2D eigenvalue weighted by Crippen LogP contribution is -2.54. The summed E-state index contributed by atoms with van der Waals surface area (Å²) >= 11 is 0. The molecule has 2 atom stereocenters. The maximum Gasteiger partial charge on any atom is 0.262 e. The number of hydrogen-bond donors (Lipinski definition) is 3. The van der Waals surface area contributed by atoms with Crippen LogP contribution >= 0.6 is 0 Å². The second-order valence-electron chi connectivity index (χ2n) is 18.5. The molecule has 1 unspecified atom stereocenters. The molecule has 0 radical (unpaired) electrons. The van der Waals surface area contributed by atoms with Gasteiger partial charge in [0.25, 0.3) is 17.7 Å². The first-order chi connectivity index (χ1) is 35.8. The van der Waals surface area contributed by atoms with E-state index in [-0.39, 0.29) is 84.3 Å². The number of nitrogen functional groups attached to an aromatic ring is 1. The number of benzene rings is 3. The van der Waals surface area contributed by atoms with Crippen molar-refractivity contribution in [2.75, 3.05) is 97.2 Å². The summed E-state index contributed by atoms with van der Waals surface area (Å²) in [6.07, 6.45) is 4.76. The molecule has 4 aliphatic rings. The maximum atomic E-state index is 15.7. The van der Waals surface area contributed by atoms with Crippen LogP contribution in [-0.4, -0.2) is 156 Å². The van der Waals surface area contributed by atoms with Crippen LogP contribution in [0.5, 0.6) is 0 Å². The van der Waals surface area contributed by atoms with E-state index in [4.69, 9.17) is 29.4 Å². The third-order valence-electron chi connectivity index (χ3n) is 13.4. The fourth-order valence-corrected chi connectivity index (χ4v) is 11.3. The second-order valence-corrected chi connectivity index (χ2v) is 20.5. The summed E-state index contributed by atoms with van der Waals surface area (Å²) in [5.74, 6) is -3.42. The zero-order valence-corrected chi connectivity index (χ0v) is 41.9. The number of nitrogens with one attached hydrogen (secondary N) is 2. The second kappa shape index (κ2) is 25.2. The van der Waals surface area contributed by atoms with Gasteiger partial charge in [0.15, 0.2) is 9.84 Å². The Morgan fingerprint density at radius 1 is 0.757 bits per heavy atom. The summed E-state index contributed by atoms with van der Waals surface area (Å²) in [5.41, 5.74) is 10.8. The number of hydrogen-bond acceptors (Lipinski definition) is 15. The topological polar surface area (TPSA) is 252 Å². The van der Waals surface area contributed by atoms with Crippen LogP contribution in [0.4, 0.5) is 10.2 Å². The first-order valence-electron chi connectivity index (χ1n) is 25.0. The number of imide groups is 2. The van der Waals surface area contributed by atoms with Gasteiger partial charge in [0.1, 0.15) is 17.7 Å². The number of ether oxygens (including phenoxy) is 5. The first kappa shape index (κ1) is 53.8. The predicted molar refractivity (Wildman–Crippen MR) is 267 cm³/mol. The van der Waals surface area contributed by atoms with Crippen molar-refractivity contribution in [2.24, 2.45) is 5.92 Å². The molecule has 394 valence electrons. The van der Waals surface area contributed by atoms with E-state index in [2.05, 4.69) is 15.6 Å². The zero-order chi connectivity index (χ0) is 52.2. The van der Waals surface area contributed by atoms with E-state index < -0.39 is 45.3 Å². The van der Waals surface area contributed by atoms with Gasteiger partial charge in [0, 0.05) is 61.1 Å². The van der Waals surface area contributed by atoms with Crippen molar-refractivity contribution in [3.8, 4) is 22.3 Å². The van der Waals surface area contributed by atoms with Crippen molar-refractivity contribution in [3.63, 3.8) is 0 Å². The van der Waals surface area contributed by atoms with Gasteiger partial charge in [-0.05, 0) is 91.5 Å². The predicted octanol–water partition coefficient (Wildman–Crippen LogP) is 3.94. The van der Waals surface area contributed by atoms with Gasteiger partial charge >= 0.3 is 0 Å². The van der Waals surface area contributed by atoms with Gasteiger partial charge in [0.05, 0.1) is 87.7 Å². The fourth-order valence-electron chi connectivity index (χ4n) is 9.66. The molecule has 21 heteroatoms. The molecule has 3 aromatic carbocycles. The molecule has 0 spiro atoms. The van der Waals surface area contributed by atoms with Gasteiger partial charge in [-0.2, -0.15) is 0 Å². The molecule has 5 heterocycles. The highest BCUT2D eigenvalue weighted by molar-refractivity contribution is 7.91. The summed E-state index contributed by atoms with van der Waals surface area (Å²) in [7, 11) is -3.89. The number of carbonyl (C=O) groups excluding carboxylic acids is 6. The number of halogens is 1. The number of rotatable bonds is 25. The SMILES string of the molecule is Nc1ncc(-c2ccc(S(=O)(=O)C[C@@H]3CCCN(C(=O)CCOCCOCCOCCOCCOCCCc4cccc5c4C(=O)N(C4CCC(=O)NC4=O)C5=O)C3)cc2F)cc1-c1ccc2c(c1)CCNC2=O. The van der Waals surface area contributed by atoms with E-state index >= 15 is 4.39 Å². The number of pyridine rings is 1. The number of anilines is 1. The van der Waals surface area contributed by atoms with Gasteiger partial charge in [-0.1, -0.05) is 30.3 Å². The van der Waals surface area contributed by atoms with E-state index in [1.807, 2.05) is 6.07 Å². The molecule has 0 saturated carbocycles. The highest BCUT2D eigenvalue weighted by atomic mass is 32.2. The molecule has 1 aromatic heterocycles. The number of sulfone groups is 1. The summed E-state index contributed by atoms with van der Waals surface area (Å²) < 4.78 is 70.8. The Bertz CT molecular complexity index is 2870. The Morgan fingerprint density at radius 3 is 2.18 bits per heavy atom. The van der Waals surface area contributed by atoms with E-state index in [1.54, 1.807) is 41.3 Å². The number of carbonyl (C=O) groups is 6. The normalized spacial score (nSPS) is 17.8. The van der Waals surface area contributed by atoms with Crippen LogP contribution in [0.15, 0.2) is 71.8 Å². The monoisotopic (exact) mass is 1040 g/mol. The molecule has 2 saturated heterocycles. The van der Waals surface area contributed by atoms with Gasteiger partial charge in [-0.15, -0.1) is 0 Å². The number of nitrogens with zero attached hydrogens (tertiary/aromatic N) is 3. The molecule has 4 N–H and O–H groups in total. The van der Waals surface area contributed by atoms with Gasteiger partial charge in [-0.3, -0.25) is 39.0 Å². The number of fused-ring (bicyclic) bond motifs is 2. The van der Waals surface area contributed by atoms with Crippen molar-refractivity contribution < 1.29 is 65.3 Å². The molecule has 8 rings (SSSR count). The van der Waals surface area contributed by atoms with Crippen LogP contribution in [0.25, 0.3) is 22.3 Å². The summed E-state index contributed by atoms with van der Waals surface area (Å²) in [6.45, 7) is 4.68. The standard InChI is InChI=1S/C53H61FN6O13S/c54-44-30-39(9-11-40(44)38-29-43(49(55)57-31-38)36-8-10-41-37(28-36)14-16-56-50(41)63)74(67,68)33-34-4-2-17-59(32-34)47(62)15-19-70-21-23-72-25-27-73-26-24-71-22-20-69-18-3-6-35-5-1-7-42-48(35)53(66)60(52(42)65)45-12-13-46(61)58-51(45)64/h1,5,7-11,28-31,34,45H,2-4,6,12-27,32-33H2,(H2,55,57)(H,56,63)(H,58,61,64)/t34-,45?/m1/s1. The third kappa shape index (κ3) is 13.2. The molecule has 6 amide bonds. The quantitative estimate of drug-likeness (QED) is 0.0628. The number of amides is 6. The molecule has 19 nitrogen and oxygen atoms in total. The maximum absolute atomic E-state index is 15.7. The molecular weight excluding hydrogens is 980 g/mol. The van der Waals surface area contributed by atoms with Crippen molar-refractivity contribution in [1.29, 1.82) is 0 Å². The lowest BCUT2D eigenvalue weighted by Gasteiger charge is -2.32. The molecule has 4 aromatic rings. The lowest BCUT2D eigenvalue weighted by molar-refractivity contribution is -0.136. The molecular formula is C53H61FN6O13S. The molecule has 0 aliphatic carbocycles. The van der Waals surface area contributed by atoms with Gasteiger partial charge in [0.2, 0.25) is 17.7 Å². The van der Waals surface area contributed by atoms with Crippen LogP contribution in [-0.2, 0) is 60.7 Å². The van der Waals surface area contributed by atoms with Crippen molar-refractivity contribution in [2.45, 2.75) is 62.3 Å². The molecule has 2 fully saturated rings. The Hall–Kier alpha value is -6.49. The molecule has 0 bridgehead atoms. The Kier molecular flexibility index (Phi) is 18.3. The van der Waals surface area contributed by atoms with Crippen molar-refractivity contribution >= 4 is 51.1 Å². The minimum absolute atomic E-state index is 0.0593. The molecule has 4 aliphatic heterocycles. The van der Waals surface area contributed by atoms with E-state index in [1.165, 1.54) is 18.3 Å². The summed E-state index contributed by atoms with van der Waals surface area (Å²) in [6, 6.07) is 15.0. The first-order valence-corrected chi connectivity index (χ1v) is 26.6. The number of aromatic nitrogens is 1. The van der Waals surface area contributed by atoms with Crippen LogP contribution < -0.4 is 16.4 Å². The lowest BCUT2D eigenvalue weighted by atomic mass is 9.94. The number of piperidine rings is 2. The molecule has 74 heavy (non-hydrogen) atoms. The zero-order valence-electron chi connectivity index (χ0n) is 41.1. The van der Waals surface area contributed by atoms with E-state index in [0.29, 0.717) is 126 Å². The van der Waals surface area contributed by atoms with E-state index in [9.17, 15) is 37.2 Å².